The number of carbonyl (C=O) groups is 2. The number of carbonyl (C=O) groups excluding carboxylic acids is 2. The molecule has 0 saturated carbocycles. The van der Waals surface area contributed by atoms with E-state index in [4.69, 9.17) is 9.47 Å². The Morgan fingerprint density at radius 1 is 0.815 bits per heavy atom. The second kappa shape index (κ2) is 11.1. The molecular weight excluding hydrogens is 384 g/mol. The summed E-state index contributed by atoms with van der Waals surface area (Å²) >= 11 is 0. The average molecular weight is 414 g/mol. The molecular formula is C22H30FeO4. The maximum Gasteiger partial charge on any atom is 2.00 e. The SMILES string of the molecule is COC(=O)C(C)(C)Cc1ccc[cH-]1.COC(=O)C(C)(C)Cc1ccc[cH-]1.[Fe+2]. The predicted octanol–water partition coefficient (Wildman–Crippen LogP) is 4.29. The monoisotopic (exact) mass is 414 g/mol. The molecule has 0 aliphatic heterocycles. The molecule has 0 unspecified atom stereocenters. The predicted molar refractivity (Wildman–Crippen MR) is 103 cm³/mol. The number of esters is 2. The van der Waals surface area contributed by atoms with E-state index in [2.05, 4.69) is 0 Å². The van der Waals surface area contributed by atoms with Crippen LogP contribution in [0.15, 0.2) is 48.5 Å². The van der Waals surface area contributed by atoms with Crippen LogP contribution in [0.1, 0.15) is 38.8 Å². The van der Waals surface area contributed by atoms with Gasteiger partial charge in [0.05, 0.1) is 25.0 Å². The molecule has 0 fully saturated rings. The van der Waals surface area contributed by atoms with Gasteiger partial charge in [-0.25, -0.2) is 24.3 Å². The second-order valence-electron chi connectivity index (χ2n) is 7.69. The van der Waals surface area contributed by atoms with E-state index in [1.54, 1.807) is 0 Å². The molecule has 0 saturated heterocycles. The topological polar surface area (TPSA) is 52.6 Å². The first-order valence-electron chi connectivity index (χ1n) is 8.70. The Bertz CT molecular complexity index is 607. The Labute approximate surface area is 173 Å². The van der Waals surface area contributed by atoms with Crippen molar-refractivity contribution in [2.24, 2.45) is 10.8 Å². The molecule has 2 rings (SSSR count). The minimum Gasteiger partial charge on any atom is -0.469 e. The van der Waals surface area contributed by atoms with Gasteiger partial charge in [0, 0.05) is 0 Å². The van der Waals surface area contributed by atoms with Crippen LogP contribution in [0.2, 0.25) is 0 Å². The zero-order valence-corrected chi connectivity index (χ0v) is 18.1. The zero-order valence-electron chi connectivity index (χ0n) is 17.0. The van der Waals surface area contributed by atoms with Crippen LogP contribution in [0.25, 0.3) is 0 Å². The second-order valence-corrected chi connectivity index (χ2v) is 7.69. The van der Waals surface area contributed by atoms with Gasteiger partial charge >= 0.3 is 29.0 Å². The smallest absolute Gasteiger partial charge is 0.469 e. The summed E-state index contributed by atoms with van der Waals surface area (Å²) < 4.78 is 9.45. The number of hydrogen-bond donors (Lipinski definition) is 0. The third kappa shape index (κ3) is 8.15. The largest absolute Gasteiger partial charge is 2.00 e. The molecule has 27 heavy (non-hydrogen) atoms. The van der Waals surface area contributed by atoms with Gasteiger partial charge in [0.1, 0.15) is 0 Å². The molecule has 0 atom stereocenters. The van der Waals surface area contributed by atoms with Gasteiger partial charge in [-0.2, -0.15) is 35.4 Å². The van der Waals surface area contributed by atoms with E-state index < -0.39 is 10.8 Å². The Morgan fingerprint density at radius 3 is 1.37 bits per heavy atom. The molecule has 4 nitrogen and oxygen atoms in total. The van der Waals surface area contributed by atoms with Gasteiger partial charge < -0.3 is 9.47 Å². The van der Waals surface area contributed by atoms with Gasteiger partial charge in [0.25, 0.3) is 0 Å². The standard InChI is InChI=1S/2C11H15O2.Fe/c2*1-11(2,10(12)13-3)8-9-6-4-5-7-9;/h2*4-7H,8H2,1-3H3;/q2*-1;+2. The quantitative estimate of drug-likeness (QED) is 0.402. The minimum absolute atomic E-state index is 0. The Morgan fingerprint density at radius 2 is 1.15 bits per heavy atom. The van der Waals surface area contributed by atoms with Gasteiger partial charge in [-0.05, 0) is 40.5 Å². The van der Waals surface area contributed by atoms with Gasteiger partial charge in [-0.3, -0.25) is 9.59 Å². The van der Waals surface area contributed by atoms with Crippen molar-refractivity contribution in [3.63, 3.8) is 0 Å². The zero-order chi connectivity index (χ0) is 19.8. The van der Waals surface area contributed by atoms with Crippen LogP contribution >= 0.6 is 0 Å². The first-order chi connectivity index (χ1) is 12.1. The normalized spacial score (nSPS) is 10.9. The summed E-state index contributed by atoms with van der Waals surface area (Å²) in [6, 6.07) is 16.0. The molecule has 0 spiro atoms. The average Bonchev–Trinajstić information content (AvgIpc) is 3.27. The molecule has 0 N–H and O–H groups in total. The van der Waals surface area contributed by atoms with Crippen LogP contribution < -0.4 is 0 Å². The summed E-state index contributed by atoms with van der Waals surface area (Å²) in [6.45, 7) is 7.58. The number of rotatable bonds is 6. The number of hydrogen-bond acceptors (Lipinski definition) is 4. The fraction of sp³-hybridized carbons (Fsp3) is 0.455. The number of methoxy groups -OCH3 is 2. The van der Waals surface area contributed by atoms with Gasteiger partial charge in [-0.15, -0.1) is 0 Å². The van der Waals surface area contributed by atoms with Crippen LogP contribution in [0, 0.1) is 10.8 Å². The fourth-order valence-corrected chi connectivity index (χ4v) is 2.78. The van der Waals surface area contributed by atoms with Crippen molar-refractivity contribution < 1.29 is 36.1 Å². The van der Waals surface area contributed by atoms with E-state index in [1.165, 1.54) is 25.3 Å². The first kappa shape index (κ1) is 25.2. The van der Waals surface area contributed by atoms with Crippen molar-refractivity contribution in [3.8, 4) is 0 Å². The first-order valence-corrected chi connectivity index (χ1v) is 8.70. The van der Waals surface area contributed by atoms with Crippen molar-refractivity contribution in [2.45, 2.75) is 40.5 Å². The van der Waals surface area contributed by atoms with Crippen molar-refractivity contribution in [1.82, 2.24) is 0 Å². The van der Waals surface area contributed by atoms with Crippen molar-refractivity contribution in [1.29, 1.82) is 0 Å². The minimum atomic E-state index is -0.427. The van der Waals surface area contributed by atoms with E-state index in [0.29, 0.717) is 0 Å². The Hall–Kier alpha value is -1.84. The van der Waals surface area contributed by atoms with Crippen LogP contribution in [-0.2, 0) is 49.0 Å². The van der Waals surface area contributed by atoms with Crippen molar-refractivity contribution in [2.75, 3.05) is 14.2 Å². The molecule has 0 radical (unpaired) electrons. The molecule has 5 heteroatoms. The molecule has 0 heterocycles. The molecule has 0 bridgehead atoms. The number of ether oxygens (including phenoxy) is 2. The van der Waals surface area contributed by atoms with E-state index in [9.17, 15) is 9.59 Å². The van der Waals surface area contributed by atoms with Crippen molar-refractivity contribution >= 4 is 11.9 Å². The maximum atomic E-state index is 11.3. The van der Waals surface area contributed by atoms with Crippen molar-refractivity contribution in [3.05, 3.63) is 59.7 Å². The summed E-state index contributed by atoms with van der Waals surface area (Å²) in [5.41, 5.74) is 1.50. The Balaban J connectivity index is 0.000000483. The molecule has 0 aliphatic carbocycles. The molecule has 0 aromatic heterocycles. The van der Waals surface area contributed by atoms with E-state index >= 15 is 0 Å². The molecule has 2 aromatic carbocycles. The fourth-order valence-electron chi connectivity index (χ4n) is 2.78. The van der Waals surface area contributed by atoms with Gasteiger partial charge in [0.15, 0.2) is 0 Å². The summed E-state index contributed by atoms with van der Waals surface area (Å²) in [5.74, 6) is -0.317. The van der Waals surface area contributed by atoms with Crippen LogP contribution in [0.5, 0.6) is 0 Å². The van der Waals surface area contributed by atoms with Crippen LogP contribution in [-0.4, -0.2) is 26.2 Å². The Kier molecular flexibility index (Phi) is 10.3. The molecule has 2 aromatic rings. The summed E-state index contributed by atoms with van der Waals surface area (Å²) in [6.07, 6.45) is 1.46. The summed E-state index contributed by atoms with van der Waals surface area (Å²) in [7, 11) is 2.85. The molecule has 150 valence electrons. The van der Waals surface area contributed by atoms with E-state index in [-0.39, 0.29) is 29.0 Å². The van der Waals surface area contributed by atoms with Crippen LogP contribution in [0.4, 0.5) is 0 Å². The maximum absolute atomic E-state index is 11.3. The summed E-state index contributed by atoms with van der Waals surface area (Å²) in [5, 5.41) is 0. The van der Waals surface area contributed by atoms with Gasteiger partial charge in [0.2, 0.25) is 0 Å². The summed E-state index contributed by atoms with van der Waals surface area (Å²) in [4.78, 5) is 22.7. The molecule has 0 amide bonds. The third-order valence-electron chi connectivity index (χ3n) is 4.23. The third-order valence-corrected chi connectivity index (χ3v) is 4.23. The van der Waals surface area contributed by atoms with E-state index in [1.807, 2.05) is 76.2 Å². The van der Waals surface area contributed by atoms with E-state index in [0.717, 1.165) is 12.8 Å². The molecule has 0 aliphatic rings. The van der Waals surface area contributed by atoms with Crippen LogP contribution in [0.3, 0.4) is 0 Å². The van der Waals surface area contributed by atoms with Gasteiger partial charge in [-0.1, -0.05) is 0 Å².